The van der Waals surface area contributed by atoms with E-state index in [1.807, 2.05) is 60.4 Å². The number of aliphatic hydroxyl groups excluding tert-OH is 2. The molecule has 8 nitrogen and oxygen atoms in total. The summed E-state index contributed by atoms with van der Waals surface area (Å²) in [6, 6.07) is 11.4. The zero-order valence-corrected chi connectivity index (χ0v) is 26.1. The third kappa shape index (κ3) is 6.14. The lowest BCUT2D eigenvalue weighted by Gasteiger charge is -2.43. The SMILES string of the molecule is CCCCC1(CCCC)[C@H](O)[C@H](c2ccc(OCc3cc[n+](C)cc3)cc2)c2c(O)c(N(C)C)c(O)c(O)c2S[C@@H]1O. The van der Waals surface area contributed by atoms with E-state index in [0.717, 1.165) is 43.0 Å². The number of pyridine rings is 1. The van der Waals surface area contributed by atoms with Crippen molar-refractivity contribution < 1.29 is 34.8 Å². The molecule has 0 saturated heterocycles. The molecule has 0 aliphatic carbocycles. The van der Waals surface area contributed by atoms with Crippen LogP contribution in [0.4, 0.5) is 5.69 Å². The second-order valence-electron chi connectivity index (χ2n) is 11.6. The van der Waals surface area contributed by atoms with Crippen LogP contribution in [-0.2, 0) is 13.7 Å². The van der Waals surface area contributed by atoms with Gasteiger partial charge in [0.25, 0.3) is 0 Å². The van der Waals surface area contributed by atoms with Gasteiger partial charge in [0.05, 0.1) is 11.0 Å². The molecule has 5 N–H and O–H groups in total. The number of hydrogen-bond acceptors (Lipinski definition) is 8. The summed E-state index contributed by atoms with van der Waals surface area (Å²) in [6.07, 6.45) is 7.39. The van der Waals surface area contributed by atoms with Gasteiger partial charge in [0.2, 0.25) is 0 Å². The molecular formula is C33H45N2O6S+. The minimum Gasteiger partial charge on any atom is -0.505 e. The first-order chi connectivity index (χ1) is 20.0. The van der Waals surface area contributed by atoms with E-state index in [9.17, 15) is 25.5 Å². The number of phenols is 3. The maximum atomic E-state index is 12.4. The van der Waals surface area contributed by atoms with Crippen LogP contribution in [0.1, 0.15) is 75.0 Å². The minimum atomic E-state index is -1.08. The lowest BCUT2D eigenvalue weighted by atomic mass is 9.67. The fourth-order valence-electron chi connectivity index (χ4n) is 5.99. The number of aryl methyl sites for hydroxylation is 1. The molecule has 0 unspecified atom stereocenters. The molecule has 0 fully saturated rings. The summed E-state index contributed by atoms with van der Waals surface area (Å²) in [7, 11) is 5.29. The molecule has 1 aliphatic heterocycles. The molecule has 9 heteroatoms. The zero-order valence-electron chi connectivity index (χ0n) is 25.2. The van der Waals surface area contributed by atoms with E-state index >= 15 is 0 Å². The number of fused-ring (bicyclic) bond motifs is 1. The molecule has 0 bridgehead atoms. The van der Waals surface area contributed by atoms with Crippen LogP contribution in [0.3, 0.4) is 0 Å². The zero-order chi connectivity index (χ0) is 30.6. The van der Waals surface area contributed by atoms with Gasteiger partial charge in [-0.15, -0.1) is 0 Å². The van der Waals surface area contributed by atoms with Crippen molar-refractivity contribution >= 4 is 17.4 Å². The Hall–Kier alpha value is -3.14. The summed E-state index contributed by atoms with van der Waals surface area (Å²) >= 11 is 1.01. The monoisotopic (exact) mass is 597 g/mol. The quantitative estimate of drug-likeness (QED) is 0.111. The highest BCUT2D eigenvalue weighted by molar-refractivity contribution is 8.00. The number of unbranched alkanes of at least 4 members (excludes halogenated alkanes) is 2. The van der Waals surface area contributed by atoms with Crippen LogP contribution in [0, 0.1) is 5.41 Å². The Morgan fingerprint density at radius 2 is 1.48 bits per heavy atom. The molecule has 1 aliphatic rings. The van der Waals surface area contributed by atoms with Crippen LogP contribution in [0.15, 0.2) is 53.7 Å². The number of phenolic OH excluding ortho intramolecular Hbond substituents is 3. The van der Waals surface area contributed by atoms with E-state index in [2.05, 4.69) is 13.8 Å². The molecule has 0 amide bonds. The average Bonchev–Trinajstić information content (AvgIpc) is 3.06. The number of thioether (sulfide) groups is 1. The summed E-state index contributed by atoms with van der Waals surface area (Å²) in [5.74, 6) is -1.23. The van der Waals surface area contributed by atoms with Gasteiger partial charge in [-0.2, -0.15) is 0 Å². The number of ether oxygens (including phenoxy) is 1. The van der Waals surface area contributed by atoms with Crippen molar-refractivity contribution in [3.63, 3.8) is 0 Å². The van der Waals surface area contributed by atoms with Crippen LogP contribution in [0.2, 0.25) is 0 Å². The van der Waals surface area contributed by atoms with Gasteiger partial charge in [0, 0.05) is 48.7 Å². The summed E-state index contributed by atoms with van der Waals surface area (Å²) in [5.41, 5.74) is 0.116. The number of nitrogens with zero attached hydrogens (tertiary/aromatic N) is 2. The minimum absolute atomic E-state index is 0.0596. The summed E-state index contributed by atoms with van der Waals surface area (Å²) in [4.78, 5) is 1.71. The predicted octanol–water partition coefficient (Wildman–Crippen LogP) is 5.56. The molecule has 3 atom stereocenters. The van der Waals surface area contributed by atoms with E-state index in [4.69, 9.17) is 4.74 Å². The molecule has 2 heterocycles. The molecule has 3 aromatic rings. The van der Waals surface area contributed by atoms with Crippen molar-refractivity contribution in [1.82, 2.24) is 0 Å². The number of rotatable bonds is 11. The van der Waals surface area contributed by atoms with Gasteiger partial charge in [0.15, 0.2) is 23.9 Å². The van der Waals surface area contributed by atoms with Gasteiger partial charge < -0.3 is 35.2 Å². The second kappa shape index (κ2) is 13.4. The smallest absolute Gasteiger partial charge is 0.186 e. The first-order valence-electron chi connectivity index (χ1n) is 14.7. The van der Waals surface area contributed by atoms with E-state index in [1.54, 1.807) is 14.1 Å². The first kappa shape index (κ1) is 31.8. The topological polar surface area (TPSA) is 118 Å². The van der Waals surface area contributed by atoms with Crippen molar-refractivity contribution in [1.29, 1.82) is 0 Å². The highest BCUT2D eigenvalue weighted by Gasteiger charge is 2.52. The Morgan fingerprint density at radius 1 is 0.881 bits per heavy atom. The average molecular weight is 598 g/mol. The molecule has 228 valence electrons. The normalized spacial score (nSPS) is 19.6. The van der Waals surface area contributed by atoms with E-state index in [1.165, 1.54) is 4.90 Å². The maximum absolute atomic E-state index is 12.4. The lowest BCUT2D eigenvalue weighted by molar-refractivity contribution is -0.671. The number of aliphatic hydroxyl groups is 2. The predicted molar refractivity (Wildman–Crippen MR) is 165 cm³/mol. The van der Waals surface area contributed by atoms with Crippen molar-refractivity contribution in [2.75, 3.05) is 19.0 Å². The van der Waals surface area contributed by atoms with Crippen molar-refractivity contribution in [3.05, 3.63) is 65.5 Å². The van der Waals surface area contributed by atoms with Crippen LogP contribution < -0.4 is 14.2 Å². The third-order valence-corrected chi connectivity index (χ3v) is 9.80. The number of aromatic nitrogens is 1. The molecular weight excluding hydrogens is 552 g/mol. The third-order valence-electron chi connectivity index (χ3n) is 8.46. The Labute approximate surface area is 253 Å². The Balaban J connectivity index is 1.84. The number of benzene rings is 2. The van der Waals surface area contributed by atoms with Crippen molar-refractivity contribution in [3.8, 4) is 23.0 Å². The number of anilines is 1. The van der Waals surface area contributed by atoms with Gasteiger partial charge in [-0.05, 0) is 30.5 Å². The van der Waals surface area contributed by atoms with E-state index in [0.29, 0.717) is 36.3 Å². The lowest BCUT2D eigenvalue weighted by Crippen LogP contribution is -2.46. The second-order valence-corrected chi connectivity index (χ2v) is 12.7. The molecule has 2 aromatic carbocycles. The standard InChI is InChI=1S/C33H44N2O6S/c1-6-8-16-33(17-9-7-2)31(39)24(22-10-12-23(13-11-22)41-20-21-14-18-35(5)19-15-21)25-27(36)26(34(3)4)28(37)29(38)30(25)42-32(33)40/h10-15,18-19,24,31-32,39-40H,6-9,16-17,20H2,1-5H3,(H2-,36,37,38)/p+1/t24-,31-,32+/m1/s1. The first-order valence-corrected chi connectivity index (χ1v) is 15.6. The fourth-order valence-corrected chi connectivity index (χ4v) is 7.38. The molecule has 0 spiro atoms. The summed E-state index contributed by atoms with van der Waals surface area (Å²) < 4.78 is 7.98. The number of hydrogen-bond donors (Lipinski definition) is 5. The van der Waals surface area contributed by atoms with Gasteiger partial charge in [0.1, 0.15) is 36.3 Å². The van der Waals surface area contributed by atoms with Crippen LogP contribution in [0.25, 0.3) is 0 Å². The largest absolute Gasteiger partial charge is 0.505 e. The Bertz CT molecular complexity index is 1340. The van der Waals surface area contributed by atoms with Crippen molar-refractivity contribution in [2.24, 2.45) is 12.5 Å². The van der Waals surface area contributed by atoms with Gasteiger partial charge >= 0.3 is 0 Å². The summed E-state index contributed by atoms with van der Waals surface area (Å²) in [5, 5.41) is 57.9. The van der Waals surface area contributed by atoms with Crippen molar-refractivity contribution in [2.45, 2.75) is 81.3 Å². The molecule has 0 radical (unpaired) electrons. The highest BCUT2D eigenvalue weighted by atomic mass is 32.2. The van der Waals surface area contributed by atoms with Gasteiger partial charge in [-0.25, -0.2) is 4.57 Å². The van der Waals surface area contributed by atoms with Crippen LogP contribution in [0.5, 0.6) is 23.0 Å². The maximum Gasteiger partial charge on any atom is 0.186 e. The van der Waals surface area contributed by atoms with Crippen LogP contribution in [-0.4, -0.2) is 51.2 Å². The molecule has 1 aromatic heterocycles. The Kier molecular flexibility index (Phi) is 10.2. The van der Waals surface area contributed by atoms with E-state index < -0.39 is 34.4 Å². The fraction of sp³-hybridized carbons (Fsp3) is 0.485. The van der Waals surface area contributed by atoms with Gasteiger partial charge in [-0.1, -0.05) is 63.4 Å². The Morgan fingerprint density at radius 3 is 2.02 bits per heavy atom. The van der Waals surface area contributed by atoms with Crippen LogP contribution >= 0.6 is 11.8 Å². The number of aromatic hydroxyl groups is 3. The molecule has 4 rings (SSSR count). The van der Waals surface area contributed by atoms with Gasteiger partial charge in [-0.3, -0.25) is 0 Å². The van der Waals surface area contributed by atoms with E-state index in [-0.39, 0.29) is 16.3 Å². The molecule has 42 heavy (non-hydrogen) atoms. The molecule has 0 saturated carbocycles. The highest BCUT2D eigenvalue weighted by Crippen LogP contribution is 2.62. The summed E-state index contributed by atoms with van der Waals surface area (Å²) in [6.45, 7) is 4.56.